The highest BCUT2D eigenvalue weighted by Gasteiger charge is 2.31. The number of carbonyl (C=O) groups is 1. The smallest absolute Gasteiger partial charge is 0.226 e. The van der Waals surface area contributed by atoms with Crippen LogP contribution in [0.4, 0.5) is 5.95 Å². The summed E-state index contributed by atoms with van der Waals surface area (Å²) in [6, 6.07) is 1.66. The standard InChI is InChI=1S/C12H17ClN4O/c1-9(18)16-12(2)4-7-17(8-5-12)11-14-6-3-10(13)15-11/h3,6H,4-5,7-8H2,1-2H3,(H,16,18). The van der Waals surface area contributed by atoms with Crippen molar-refractivity contribution in [3.63, 3.8) is 0 Å². The zero-order valence-electron chi connectivity index (χ0n) is 10.6. The van der Waals surface area contributed by atoms with Crippen molar-refractivity contribution in [3.05, 3.63) is 17.4 Å². The third kappa shape index (κ3) is 3.10. The fraction of sp³-hybridized carbons (Fsp3) is 0.583. The Morgan fingerprint density at radius 3 is 2.72 bits per heavy atom. The predicted octanol–water partition coefficient (Wildman–Crippen LogP) is 1.62. The summed E-state index contributed by atoms with van der Waals surface area (Å²) in [7, 11) is 0. The van der Waals surface area contributed by atoms with Crippen molar-refractivity contribution in [3.8, 4) is 0 Å². The molecular weight excluding hydrogens is 252 g/mol. The largest absolute Gasteiger partial charge is 0.351 e. The van der Waals surface area contributed by atoms with Crippen molar-refractivity contribution in [2.24, 2.45) is 0 Å². The van der Waals surface area contributed by atoms with Gasteiger partial charge in [-0.05, 0) is 25.8 Å². The normalized spacial score (nSPS) is 18.5. The van der Waals surface area contributed by atoms with Crippen molar-refractivity contribution in [2.75, 3.05) is 18.0 Å². The van der Waals surface area contributed by atoms with Gasteiger partial charge in [-0.1, -0.05) is 11.6 Å². The Morgan fingerprint density at radius 2 is 2.17 bits per heavy atom. The summed E-state index contributed by atoms with van der Waals surface area (Å²) in [5.41, 5.74) is -0.124. The van der Waals surface area contributed by atoms with Crippen molar-refractivity contribution in [1.82, 2.24) is 15.3 Å². The fourth-order valence-corrected chi connectivity index (χ4v) is 2.36. The maximum Gasteiger partial charge on any atom is 0.226 e. The first-order chi connectivity index (χ1) is 8.48. The van der Waals surface area contributed by atoms with Gasteiger partial charge in [-0.3, -0.25) is 4.79 Å². The first kappa shape index (κ1) is 13.1. The van der Waals surface area contributed by atoms with Crippen LogP contribution < -0.4 is 10.2 Å². The predicted molar refractivity (Wildman–Crippen MR) is 70.7 cm³/mol. The second-order valence-electron chi connectivity index (χ2n) is 4.91. The van der Waals surface area contributed by atoms with Crippen molar-refractivity contribution in [1.29, 1.82) is 0 Å². The number of nitrogens with zero attached hydrogens (tertiary/aromatic N) is 3. The first-order valence-electron chi connectivity index (χ1n) is 6.01. The summed E-state index contributed by atoms with van der Waals surface area (Å²) in [6.07, 6.45) is 3.41. The Kier molecular flexibility index (Phi) is 3.71. The molecule has 0 aliphatic carbocycles. The van der Waals surface area contributed by atoms with Crippen LogP contribution in [0.2, 0.25) is 5.15 Å². The number of hydrogen-bond acceptors (Lipinski definition) is 4. The molecule has 5 nitrogen and oxygen atoms in total. The van der Waals surface area contributed by atoms with Crippen molar-refractivity contribution in [2.45, 2.75) is 32.2 Å². The van der Waals surface area contributed by atoms with Gasteiger partial charge in [-0.15, -0.1) is 0 Å². The van der Waals surface area contributed by atoms with E-state index in [1.54, 1.807) is 19.2 Å². The molecule has 18 heavy (non-hydrogen) atoms. The molecule has 0 atom stereocenters. The van der Waals surface area contributed by atoms with Crippen LogP contribution in [-0.2, 0) is 4.79 Å². The number of anilines is 1. The monoisotopic (exact) mass is 268 g/mol. The van der Waals surface area contributed by atoms with Crippen LogP contribution >= 0.6 is 11.6 Å². The van der Waals surface area contributed by atoms with Gasteiger partial charge in [0.05, 0.1) is 0 Å². The lowest BCUT2D eigenvalue weighted by Gasteiger charge is -2.39. The van der Waals surface area contributed by atoms with E-state index >= 15 is 0 Å². The van der Waals surface area contributed by atoms with Crippen LogP contribution in [0.25, 0.3) is 0 Å². The van der Waals surface area contributed by atoms with Gasteiger partial charge in [-0.2, -0.15) is 0 Å². The molecule has 0 aromatic carbocycles. The lowest BCUT2D eigenvalue weighted by molar-refractivity contribution is -0.120. The molecule has 98 valence electrons. The molecule has 1 aliphatic heterocycles. The van der Waals surface area contributed by atoms with Crippen LogP contribution in [0.15, 0.2) is 12.3 Å². The summed E-state index contributed by atoms with van der Waals surface area (Å²) in [4.78, 5) is 21.7. The van der Waals surface area contributed by atoms with E-state index < -0.39 is 0 Å². The van der Waals surface area contributed by atoms with Crippen molar-refractivity contribution < 1.29 is 4.79 Å². The van der Waals surface area contributed by atoms with Crippen LogP contribution in [0.1, 0.15) is 26.7 Å². The topological polar surface area (TPSA) is 58.1 Å². The zero-order chi connectivity index (χ0) is 13.2. The fourth-order valence-electron chi connectivity index (χ4n) is 2.23. The molecule has 1 saturated heterocycles. The zero-order valence-corrected chi connectivity index (χ0v) is 11.4. The van der Waals surface area contributed by atoms with Crippen LogP contribution in [0, 0.1) is 0 Å². The van der Waals surface area contributed by atoms with E-state index in [0.717, 1.165) is 25.9 Å². The van der Waals surface area contributed by atoms with Gasteiger partial charge in [0, 0.05) is 31.7 Å². The second-order valence-corrected chi connectivity index (χ2v) is 5.30. The van der Waals surface area contributed by atoms with Crippen LogP contribution in [-0.4, -0.2) is 34.5 Å². The minimum atomic E-state index is -0.124. The molecule has 0 saturated carbocycles. The third-order valence-corrected chi connectivity index (χ3v) is 3.45. The molecule has 6 heteroatoms. The molecule has 2 rings (SSSR count). The van der Waals surface area contributed by atoms with Gasteiger partial charge in [0.1, 0.15) is 5.15 Å². The summed E-state index contributed by atoms with van der Waals surface area (Å²) >= 11 is 5.85. The van der Waals surface area contributed by atoms with Crippen molar-refractivity contribution >= 4 is 23.5 Å². The van der Waals surface area contributed by atoms with Gasteiger partial charge < -0.3 is 10.2 Å². The number of aromatic nitrogens is 2. The molecule has 0 bridgehead atoms. The molecule has 1 aromatic rings. The van der Waals surface area contributed by atoms with E-state index in [4.69, 9.17) is 11.6 Å². The molecule has 0 unspecified atom stereocenters. The average Bonchev–Trinajstić information content (AvgIpc) is 2.28. The molecule has 1 aromatic heterocycles. The number of nitrogens with one attached hydrogen (secondary N) is 1. The Hall–Kier alpha value is -1.36. The van der Waals surface area contributed by atoms with Gasteiger partial charge in [-0.25, -0.2) is 9.97 Å². The van der Waals surface area contributed by atoms with E-state index in [1.165, 1.54) is 0 Å². The van der Waals surface area contributed by atoms with E-state index in [1.807, 2.05) is 0 Å². The Bertz CT molecular complexity index is 443. The van der Waals surface area contributed by atoms with E-state index in [-0.39, 0.29) is 11.4 Å². The SMILES string of the molecule is CC(=O)NC1(C)CCN(c2nccc(Cl)n2)CC1. The Balaban J connectivity index is 2.00. The average molecular weight is 269 g/mol. The minimum Gasteiger partial charge on any atom is -0.351 e. The Morgan fingerprint density at radius 1 is 1.50 bits per heavy atom. The maximum atomic E-state index is 11.1. The quantitative estimate of drug-likeness (QED) is 0.829. The number of hydrogen-bond donors (Lipinski definition) is 1. The lowest BCUT2D eigenvalue weighted by atomic mass is 9.89. The van der Waals surface area contributed by atoms with Crippen LogP contribution in [0.5, 0.6) is 0 Å². The minimum absolute atomic E-state index is 0.0185. The maximum absolute atomic E-state index is 11.1. The first-order valence-corrected chi connectivity index (χ1v) is 6.39. The highest BCUT2D eigenvalue weighted by molar-refractivity contribution is 6.29. The molecule has 1 N–H and O–H groups in total. The molecule has 2 heterocycles. The number of amides is 1. The van der Waals surface area contributed by atoms with E-state index in [9.17, 15) is 4.79 Å². The summed E-state index contributed by atoms with van der Waals surface area (Å²) < 4.78 is 0. The van der Waals surface area contributed by atoms with Gasteiger partial charge >= 0.3 is 0 Å². The number of piperidine rings is 1. The molecule has 0 radical (unpaired) electrons. The third-order valence-electron chi connectivity index (χ3n) is 3.24. The molecule has 0 spiro atoms. The molecule has 1 amide bonds. The lowest BCUT2D eigenvalue weighted by Crippen LogP contribution is -2.53. The highest BCUT2D eigenvalue weighted by atomic mass is 35.5. The van der Waals surface area contributed by atoms with Crippen LogP contribution in [0.3, 0.4) is 0 Å². The highest BCUT2D eigenvalue weighted by Crippen LogP contribution is 2.24. The number of carbonyl (C=O) groups excluding carboxylic acids is 1. The van der Waals surface area contributed by atoms with E-state index in [2.05, 4.69) is 27.1 Å². The molecule has 1 aliphatic rings. The molecule has 1 fully saturated rings. The van der Waals surface area contributed by atoms with Gasteiger partial charge in [0.2, 0.25) is 11.9 Å². The number of rotatable bonds is 2. The number of halogens is 1. The summed E-state index contributed by atoms with van der Waals surface area (Å²) in [5.74, 6) is 0.678. The second kappa shape index (κ2) is 5.10. The summed E-state index contributed by atoms with van der Waals surface area (Å²) in [6.45, 7) is 5.26. The van der Waals surface area contributed by atoms with Gasteiger partial charge in [0.15, 0.2) is 0 Å². The van der Waals surface area contributed by atoms with Gasteiger partial charge in [0.25, 0.3) is 0 Å². The van der Waals surface area contributed by atoms with E-state index in [0.29, 0.717) is 11.1 Å². The molecular formula is C12H17ClN4O. The Labute approximate surface area is 112 Å². The summed E-state index contributed by atoms with van der Waals surface area (Å²) in [5, 5.41) is 3.46.